The fourth-order valence-electron chi connectivity index (χ4n) is 8.56. The molecule has 0 bridgehead atoms. The van der Waals surface area contributed by atoms with Gasteiger partial charge < -0.3 is 24.2 Å². The van der Waals surface area contributed by atoms with Gasteiger partial charge in [-0.1, -0.05) is 59.6 Å². The van der Waals surface area contributed by atoms with Crippen LogP contribution in [0.4, 0.5) is 0 Å². The Hall–Kier alpha value is -4.49. The fourth-order valence-corrected chi connectivity index (χ4v) is 9.10. The van der Waals surface area contributed by atoms with Crippen LogP contribution in [0.2, 0.25) is 10.0 Å². The number of hydrogen-bond donors (Lipinski definition) is 1. The van der Waals surface area contributed by atoms with Crippen molar-refractivity contribution in [2.24, 2.45) is 11.3 Å². The van der Waals surface area contributed by atoms with Crippen LogP contribution in [0.1, 0.15) is 48.3 Å². The molecular weight excluding hydrogens is 731 g/mol. The van der Waals surface area contributed by atoms with Gasteiger partial charge in [-0.05, 0) is 48.6 Å². The maximum atomic E-state index is 11.6. The van der Waals surface area contributed by atoms with E-state index in [9.17, 15) is 14.7 Å². The quantitative estimate of drug-likeness (QED) is 0.188. The maximum Gasteiger partial charge on any atom is 0.307 e. The molecule has 1 amide bonds. The van der Waals surface area contributed by atoms with Crippen molar-refractivity contribution in [1.29, 1.82) is 0 Å². The minimum Gasteiger partial charge on any atom is -0.481 e. The second kappa shape index (κ2) is 14.6. The second-order valence-electron chi connectivity index (χ2n) is 14.9. The highest BCUT2D eigenvalue weighted by molar-refractivity contribution is 6.36. The summed E-state index contributed by atoms with van der Waals surface area (Å²) in [5, 5.41) is 10.3. The number of fused-ring (bicyclic) bond motifs is 1. The molecule has 4 aromatic rings. The van der Waals surface area contributed by atoms with Gasteiger partial charge in [-0.2, -0.15) is 4.98 Å². The number of carboxylic acid groups (broad SMARTS) is 1. The summed E-state index contributed by atoms with van der Waals surface area (Å²) in [4.78, 5) is 43.6. The topological polar surface area (TPSA) is 130 Å². The van der Waals surface area contributed by atoms with E-state index in [1.54, 1.807) is 33.4 Å². The van der Waals surface area contributed by atoms with Crippen LogP contribution >= 0.6 is 23.2 Å². The molecule has 282 valence electrons. The van der Waals surface area contributed by atoms with Crippen LogP contribution < -0.4 is 14.2 Å². The molecule has 8 rings (SSSR count). The molecule has 5 heterocycles. The number of carbonyl (C=O) groups is 2. The normalized spacial score (nSPS) is 20.4. The van der Waals surface area contributed by atoms with E-state index in [-0.39, 0.29) is 29.2 Å². The lowest BCUT2D eigenvalue weighted by molar-refractivity contribution is -0.157. The average molecular weight is 774 g/mol. The molecule has 0 radical (unpaired) electrons. The van der Waals surface area contributed by atoms with Gasteiger partial charge in [0, 0.05) is 74.8 Å². The van der Waals surface area contributed by atoms with E-state index in [0.29, 0.717) is 60.1 Å². The zero-order chi connectivity index (χ0) is 37.7. The average Bonchev–Trinajstić information content (AvgIpc) is 3.77. The highest BCUT2D eigenvalue weighted by atomic mass is 35.5. The predicted molar refractivity (Wildman–Crippen MR) is 203 cm³/mol. The number of nitrogens with zero attached hydrogens (tertiary/aromatic N) is 6. The first-order valence-electron chi connectivity index (χ1n) is 18.2. The van der Waals surface area contributed by atoms with Crippen molar-refractivity contribution in [3.05, 3.63) is 81.1 Å². The van der Waals surface area contributed by atoms with Crippen molar-refractivity contribution in [3.63, 3.8) is 0 Å². The van der Waals surface area contributed by atoms with Crippen molar-refractivity contribution in [2.75, 3.05) is 53.5 Å². The van der Waals surface area contributed by atoms with Crippen molar-refractivity contribution < 1.29 is 28.9 Å². The Morgan fingerprint density at radius 2 is 1.65 bits per heavy atom. The van der Waals surface area contributed by atoms with Gasteiger partial charge in [-0.25, -0.2) is 4.98 Å². The molecule has 2 aromatic carbocycles. The molecule has 3 aliphatic heterocycles. The van der Waals surface area contributed by atoms with E-state index in [0.717, 1.165) is 78.1 Å². The molecule has 12 nitrogen and oxygen atoms in total. The predicted octanol–water partition coefficient (Wildman–Crippen LogP) is 6.17. The number of carbonyl (C=O) groups excluding carboxylic acids is 1. The van der Waals surface area contributed by atoms with E-state index < -0.39 is 5.97 Å². The third kappa shape index (κ3) is 6.85. The zero-order valence-electron chi connectivity index (χ0n) is 30.5. The summed E-state index contributed by atoms with van der Waals surface area (Å²) in [6, 6.07) is 13.9. The van der Waals surface area contributed by atoms with E-state index in [2.05, 4.69) is 26.9 Å². The van der Waals surface area contributed by atoms with Crippen LogP contribution in [0.25, 0.3) is 22.4 Å². The van der Waals surface area contributed by atoms with Crippen molar-refractivity contribution in [1.82, 2.24) is 29.7 Å². The summed E-state index contributed by atoms with van der Waals surface area (Å²) >= 11 is 13.9. The van der Waals surface area contributed by atoms with E-state index >= 15 is 0 Å². The molecule has 1 N–H and O–H groups in total. The monoisotopic (exact) mass is 772 g/mol. The molecule has 54 heavy (non-hydrogen) atoms. The van der Waals surface area contributed by atoms with Crippen LogP contribution in [0, 0.1) is 11.3 Å². The molecule has 1 spiro atoms. The highest BCUT2D eigenvalue weighted by Crippen LogP contribution is 2.45. The Morgan fingerprint density at radius 1 is 0.907 bits per heavy atom. The number of rotatable bonds is 11. The molecule has 2 aromatic heterocycles. The summed E-state index contributed by atoms with van der Waals surface area (Å²) in [7, 11) is 3.16. The molecule has 0 saturated carbocycles. The molecule has 14 heteroatoms. The van der Waals surface area contributed by atoms with Gasteiger partial charge in [0.05, 0.1) is 37.1 Å². The van der Waals surface area contributed by atoms with Gasteiger partial charge >= 0.3 is 5.97 Å². The number of pyridine rings is 1. The molecule has 3 saturated heterocycles. The molecule has 3 fully saturated rings. The van der Waals surface area contributed by atoms with Crippen LogP contribution in [0.3, 0.4) is 0 Å². The number of amides is 1. The molecule has 1 aliphatic carbocycles. The molecule has 2 atom stereocenters. The number of likely N-dealkylation sites (tertiary alicyclic amines) is 3. The summed E-state index contributed by atoms with van der Waals surface area (Å²) in [6.45, 7) is 7.37. The maximum absolute atomic E-state index is 11.6. The first-order chi connectivity index (χ1) is 26.0. The summed E-state index contributed by atoms with van der Waals surface area (Å²) in [6.07, 6.45) is 3.59. The number of aliphatic carboxylic acids is 1. The molecule has 0 unspecified atom stereocenters. The van der Waals surface area contributed by atoms with E-state index in [4.69, 9.17) is 47.4 Å². The van der Waals surface area contributed by atoms with Gasteiger partial charge in [0.15, 0.2) is 0 Å². The van der Waals surface area contributed by atoms with Gasteiger partial charge in [0.2, 0.25) is 23.5 Å². The van der Waals surface area contributed by atoms with Gasteiger partial charge in [0.1, 0.15) is 16.8 Å². The van der Waals surface area contributed by atoms with Crippen LogP contribution in [-0.4, -0.2) is 100 Å². The molecule has 4 aliphatic rings. The Kier molecular flexibility index (Phi) is 9.89. The minimum absolute atomic E-state index is 0.136. The van der Waals surface area contributed by atoms with Gasteiger partial charge in [-0.3, -0.25) is 24.4 Å². The number of ether oxygens (including phenoxy) is 3. The minimum atomic E-state index is -0.773. The van der Waals surface area contributed by atoms with E-state index in [1.807, 2.05) is 29.2 Å². The van der Waals surface area contributed by atoms with Crippen molar-refractivity contribution in [2.45, 2.75) is 45.4 Å². The van der Waals surface area contributed by atoms with Crippen molar-refractivity contribution in [3.8, 4) is 40.0 Å². The smallest absolute Gasteiger partial charge is 0.307 e. The number of benzene rings is 2. The SMILES string of the molecule is COc1nc(O[C@H]2CCc3c(-c4cccc(-c5cnc(CN6CC7(C6)CN(C(C)=O)C7)c(OC)n5)c4Cl)cccc32)c(Cl)cc1CN1CC[C@@H](C(=O)O)C1. The lowest BCUT2D eigenvalue weighted by atomic mass is 9.73. The first kappa shape index (κ1) is 36.5. The summed E-state index contributed by atoms with van der Waals surface area (Å²) in [5.41, 5.74) is 7.22. The number of hydrogen-bond acceptors (Lipinski definition) is 10. The number of methoxy groups -OCH3 is 2. The number of halogens is 2. The number of aromatic nitrogens is 3. The van der Waals surface area contributed by atoms with Gasteiger partial charge in [-0.15, -0.1) is 0 Å². The Morgan fingerprint density at radius 3 is 2.37 bits per heavy atom. The number of carboxylic acids is 1. The summed E-state index contributed by atoms with van der Waals surface area (Å²) in [5.74, 6) is 0.148. The van der Waals surface area contributed by atoms with E-state index in [1.165, 1.54) is 0 Å². The lowest BCUT2D eigenvalue weighted by Gasteiger charge is -2.60. The van der Waals surface area contributed by atoms with Crippen LogP contribution in [-0.2, 0) is 29.1 Å². The second-order valence-corrected chi connectivity index (χ2v) is 15.7. The van der Waals surface area contributed by atoms with Crippen LogP contribution in [0.5, 0.6) is 17.6 Å². The lowest BCUT2D eigenvalue weighted by Crippen LogP contribution is -2.72. The first-order valence-corrected chi connectivity index (χ1v) is 18.9. The third-order valence-electron chi connectivity index (χ3n) is 11.2. The highest BCUT2D eigenvalue weighted by Gasteiger charge is 2.52. The third-order valence-corrected chi connectivity index (χ3v) is 11.9. The van der Waals surface area contributed by atoms with Gasteiger partial charge in [0.25, 0.3) is 0 Å². The standard InChI is InChI=1S/C40H42Cl2N6O6/c1-23(49)48-21-40(22-48)19-47(20-40)18-33-38(53-3)44-32(15-43-33)30-9-5-8-29(35(30)42)26-6-4-7-28-27(26)10-11-34(28)54-37-31(41)14-25(36(45-37)52-2)17-46-13-12-24(16-46)39(50)51/h4-9,14-15,24,34H,10-13,16-22H2,1-3H3,(H,50,51)/t24-,34+/m1/s1. The van der Waals surface area contributed by atoms with Crippen LogP contribution in [0.15, 0.2) is 48.7 Å². The Labute approximate surface area is 324 Å². The van der Waals surface area contributed by atoms with Crippen molar-refractivity contribution >= 4 is 35.1 Å². The molecular formula is C40H42Cl2N6O6. The largest absolute Gasteiger partial charge is 0.481 e. The zero-order valence-corrected chi connectivity index (χ0v) is 32.0. The Balaban J connectivity index is 0.984. The Bertz CT molecular complexity index is 2120. The fraction of sp³-hybridized carbons (Fsp3) is 0.425. The summed E-state index contributed by atoms with van der Waals surface area (Å²) < 4.78 is 17.8.